The second-order valence-corrected chi connectivity index (χ2v) is 15.0. The average Bonchev–Trinajstić information content (AvgIpc) is 3.17. The van der Waals surface area contributed by atoms with Crippen LogP contribution in [0, 0.1) is 17.8 Å². The number of hydrogen-bond donors (Lipinski definition) is 5. The molecule has 0 aliphatic carbocycles. The van der Waals surface area contributed by atoms with Gasteiger partial charge in [0, 0.05) is 6.42 Å². The summed E-state index contributed by atoms with van der Waals surface area (Å²) < 4.78 is 5.51. The number of carbonyl (C=O) groups is 5. The molecule has 0 heterocycles. The van der Waals surface area contributed by atoms with Crippen LogP contribution < -0.4 is 21.3 Å². The molecule has 5 N–H and O–H groups in total. The summed E-state index contributed by atoms with van der Waals surface area (Å²) in [4.78, 5) is 66.9. The molecule has 3 aromatic carbocycles. The van der Waals surface area contributed by atoms with Crippen LogP contribution in [0.1, 0.15) is 83.9 Å². The Morgan fingerprint density at radius 2 is 1.13 bits per heavy atom. The van der Waals surface area contributed by atoms with Crippen molar-refractivity contribution in [2.24, 2.45) is 17.8 Å². The zero-order valence-electron chi connectivity index (χ0n) is 33.1. The van der Waals surface area contributed by atoms with Crippen LogP contribution in [-0.4, -0.2) is 65.0 Å². The molecule has 11 nitrogen and oxygen atoms in total. The van der Waals surface area contributed by atoms with Gasteiger partial charge in [-0.05, 0) is 53.7 Å². The van der Waals surface area contributed by atoms with E-state index >= 15 is 0 Å². The molecule has 298 valence electrons. The minimum atomic E-state index is -1.34. The second-order valence-electron chi connectivity index (χ2n) is 15.0. The van der Waals surface area contributed by atoms with Crippen molar-refractivity contribution in [1.82, 2.24) is 21.3 Å². The highest BCUT2D eigenvalue weighted by Gasteiger charge is 2.34. The number of esters is 1. The molecule has 0 aromatic heterocycles. The molecule has 0 fully saturated rings. The standard InChI is InChI=1S/C44H60N4O7/c1-7-31(6)41(43(53)48-40(30(4)5)44(54)55-28-34-22-15-10-16-23-34)47-38(51)27-36(49)35(26-33-20-13-9-14-21-33)45-42(52)39(29(2)3)46-37(50)25-17-24-32-18-11-8-12-19-32/h8-16,18-23,29-31,35-36,39-41,49H,7,17,24-28H2,1-6H3,(H,45,52)(H,46,50)(H,47,51)(H,48,53)/t31-,35-,36-,39?,40?,41-/m0/s1. The SMILES string of the molecule is CC[C@H](C)[C@H](NC(=O)C[C@H](O)[C@H](Cc1ccccc1)NC(=O)C(NC(=O)CCCc1ccccc1)C(C)C)C(=O)NC(C(=O)OCc1ccccc1)C(C)C. The highest BCUT2D eigenvalue weighted by molar-refractivity contribution is 5.91. The molecule has 55 heavy (non-hydrogen) atoms. The van der Waals surface area contributed by atoms with Crippen LogP contribution in [0.2, 0.25) is 0 Å². The molecule has 2 unspecified atom stereocenters. The predicted octanol–water partition coefficient (Wildman–Crippen LogP) is 5.04. The second kappa shape index (κ2) is 23.0. The fraction of sp³-hybridized carbons (Fsp3) is 0.477. The van der Waals surface area contributed by atoms with Gasteiger partial charge in [-0.25, -0.2) is 4.79 Å². The van der Waals surface area contributed by atoms with Gasteiger partial charge in [-0.3, -0.25) is 19.2 Å². The molecule has 0 spiro atoms. The van der Waals surface area contributed by atoms with Gasteiger partial charge >= 0.3 is 5.97 Å². The van der Waals surface area contributed by atoms with Crippen LogP contribution in [0.15, 0.2) is 91.0 Å². The van der Waals surface area contributed by atoms with Gasteiger partial charge in [0.25, 0.3) is 0 Å². The lowest BCUT2D eigenvalue weighted by Gasteiger charge is -2.30. The molecule has 3 aromatic rings. The van der Waals surface area contributed by atoms with Crippen molar-refractivity contribution >= 4 is 29.6 Å². The van der Waals surface area contributed by atoms with Gasteiger partial charge in [-0.15, -0.1) is 0 Å². The smallest absolute Gasteiger partial charge is 0.329 e. The van der Waals surface area contributed by atoms with E-state index in [4.69, 9.17) is 4.74 Å². The maximum atomic E-state index is 13.7. The minimum absolute atomic E-state index is 0.0574. The van der Waals surface area contributed by atoms with Crippen molar-refractivity contribution < 1.29 is 33.8 Å². The first-order valence-corrected chi connectivity index (χ1v) is 19.4. The van der Waals surface area contributed by atoms with Crippen LogP contribution in [0.3, 0.4) is 0 Å². The number of hydrogen-bond acceptors (Lipinski definition) is 7. The van der Waals surface area contributed by atoms with Crippen molar-refractivity contribution in [2.45, 2.75) is 117 Å². The highest BCUT2D eigenvalue weighted by Crippen LogP contribution is 2.15. The summed E-state index contributed by atoms with van der Waals surface area (Å²) in [6, 6.07) is 24.7. The number of nitrogens with one attached hydrogen (secondary N) is 4. The van der Waals surface area contributed by atoms with E-state index in [1.807, 2.05) is 119 Å². The van der Waals surface area contributed by atoms with Gasteiger partial charge in [-0.1, -0.05) is 139 Å². The number of rotatable bonds is 22. The molecule has 6 atom stereocenters. The fourth-order valence-electron chi connectivity index (χ4n) is 6.13. The Morgan fingerprint density at radius 1 is 0.618 bits per heavy atom. The van der Waals surface area contributed by atoms with Gasteiger partial charge < -0.3 is 31.1 Å². The first-order valence-electron chi connectivity index (χ1n) is 19.4. The van der Waals surface area contributed by atoms with Crippen LogP contribution in [0.25, 0.3) is 0 Å². The normalized spacial score (nSPS) is 14.5. The third-order valence-electron chi connectivity index (χ3n) is 9.72. The lowest BCUT2D eigenvalue weighted by atomic mass is 9.95. The number of benzene rings is 3. The van der Waals surface area contributed by atoms with Crippen molar-refractivity contribution in [3.05, 3.63) is 108 Å². The first kappa shape index (κ1) is 44.4. The molecule has 4 amide bonds. The van der Waals surface area contributed by atoms with E-state index in [2.05, 4.69) is 21.3 Å². The molecule has 0 radical (unpaired) electrons. The van der Waals surface area contributed by atoms with Gasteiger partial charge in [0.2, 0.25) is 23.6 Å². The highest BCUT2D eigenvalue weighted by atomic mass is 16.5. The zero-order chi connectivity index (χ0) is 40.3. The van der Waals surface area contributed by atoms with E-state index in [1.165, 1.54) is 0 Å². The first-order chi connectivity index (χ1) is 26.3. The van der Waals surface area contributed by atoms with E-state index in [0.29, 0.717) is 12.8 Å². The number of carbonyl (C=O) groups excluding carboxylic acids is 5. The number of aliphatic hydroxyl groups is 1. The minimum Gasteiger partial charge on any atom is -0.459 e. The van der Waals surface area contributed by atoms with E-state index < -0.39 is 60.4 Å². The Kier molecular flexibility index (Phi) is 18.6. The predicted molar refractivity (Wildman–Crippen MR) is 213 cm³/mol. The molecule has 0 aliphatic rings. The van der Waals surface area contributed by atoms with Crippen LogP contribution in [0.4, 0.5) is 0 Å². The van der Waals surface area contributed by atoms with E-state index in [1.54, 1.807) is 13.8 Å². The van der Waals surface area contributed by atoms with Crippen molar-refractivity contribution in [3.8, 4) is 0 Å². The average molecular weight is 757 g/mol. The van der Waals surface area contributed by atoms with Crippen molar-refractivity contribution in [1.29, 1.82) is 0 Å². The summed E-state index contributed by atoms with van der Waals surface area (Å²) >= 11 is 0. The molecule has 0 saturated heterocycles. The molecular formula is C44H60N4O7. The Labute approximate surface area is 326 Å². The number of aryl methyl sites for hydroxylation is 1. The third kappa shape index (κ3) is 15.3. The van der Waals surface area contributed by atoms with Crippen LogP contribution >= 0.6 is 0 Å². The Bertz CT molecular complexity index is 1640. The van der Waals surface area contributed by atoms with Gasteiger partial charge in [0.05, 0.1) is 18.6 Å². The Balaban J connectivity index is 1.68. The number of amides is 4. The summed E-state index contributed by atoms with van der Waals surface area (Å²) in [5, 5.41) is 22.8. The fourth-order valence-corrected chi connectivity index (χ4v) is 6.13. The number of ether oxygens (including phenoxy) is 1. The monoisotopic (exact) mass is 756 g/mol. The zero-order valence-corrected chi connectivity index (χ0v) is 33.1. The topological polar surface area (TPSA) is 163 Å². The van der Waals surface area contributed by atoms with Crippen molar-refractivity contribution in [2.75, 3.05) is 0 Å². The maximum absolute atomic E-state index is 13.7. The molecule has 0 saturated carbocycles. The van der Waals surface area contributed by atoms with Crippen LogP contribution in [-0.2, 0) is 48.2 Å². The summed E-state index contributed by atoms with van der Waals surface area (Å²) in [6.07, 6.45) is 0.622. The van der Waals surface area contributed by atoms with E-state index in [0.717, 1.165) is 23.1 Å². The summed E-state index contributed by atoms with van der Waals surface area (Å²) in [5.74, 6) is -3.29. The molecule has 0 bridgehead atoms. The van der Waals surface area contributed by atoms with Crippen LogP contribution in [0.5, 0.6) is 0 Å². The molecule has 0 aliphatic heterocycles. The lowest BCUT2D eigenvalue weighted by molar-refractivity contribution is -0.150. The summed E-state index contributed by atoms with van der Waals surface area (Å²) in [5.41, 5.74) is 2.77. The Hall–Kier alpha value is -5.03. The van der Waals surface area contributed by atoms with Crippen molar-refractivity contribution in [3.63, 3.8) is 0 Å². The molecule has 11 heteroatoms. The Morgan fingerprint density at radius 3 is 1.67 bits per heavy atom. The van der Waals surface area contributed by atoms with E-state index in [-0.39, 0.29) is 43.1 Å². The van der Waals surface area contributed by atoms with Gasteiger partial charge in [0.1, 0.15) is 24.7 Å². The summed E-state index contributed by atoms with van der Waals surface area (Å²) in [6.45, 7) is 11.0. The summed E-state index contributed by atoms with van der Waals surface area (Å²) in [7, 11) is 0. The third-order valence-corrected chi connectivity index (χ3v) is 9.72. The largest absolute Gasteiger partial charge is 0.459 e. The quantitative estimate of drug-likeness (QED) is 0.0898. The molecular weight excluding hydrogens is 697 g/mol. The lowest BCUT2D eigenvalue weighted by Crippen LogP contribution is -2.57. The van der Waals surface area contributed by atoms with Gasteiger partial charge in [-0.2, -0.15) is 0 Å². The van der Waals surface area contributed by atoms with E-state index in [9.17, 15) is 29.1 Å². The molecule has 3 rings (SSSR count). The maximum Gasteiger partial charge on any atom is 0.329 e. The van der Waals surface area contributed by atoms with Gasteiger partial charge in [0.15, 0.2) is 0 Å². The number of aliphatic hydroxyl groups excluding tert-OH is 1.